The summed E-state index contributed by atoms with van der Waals surface area (Å²) in [7, 11) is 0. The number of amides is 3. The lowest BCUT2D eigenvalue weighted by Crippen LogP contribution is -2.54. The fraction of sp³-hybridized carbons (Fsp3) is 0.312. The van der Waals surface area contributed by atoms with E-state index >= 15 is 0 Å². The highest BCUT2D eigenvalue weighted by molar-refractivity contribution is 6.03. The fourth-order valence-electron chi connectivity index (χ4n) is 2.01. The molecule has 1 atom stereocenters. The van der Waals surface area contributed by atoms with E-state index in [0.29, 0.717) is 19.7 Å². The SMILES string of the molecule is O=[C]CN(C(=O)/C=C/c1ccccc1)C(=O)NC1CNCCO1. The van der Waals surface area contributed by atoms with E-state index in [1.165, 1.54) is 6.08 Å². The van der Waals surface area contributed by atoms with Crippen LogP contribution in [0.5, 0.6) is 0 Å². The zero-order chi connectivity index (χ0) is 16.5. The van der Waals surface area contributed by atoms with Gasteiger partial charge in [0, 0.05) is 19.2 Å². The van der Waals surface area contributed by atoms with Crippen molar-refractivity contribution in [1.29, 1.82) is 0 Å². The van der Waals surface area contributed by atoms with Crippen LogP contribution in [0.15, 0.2) is 36.4 Å². The number of hydrogen-bond acceptors (Lipinski definition) is 5. The van der Waals surface area contributed by atoms with Crippen molar-refractivity contribution in [1.82, 2.24) is 15.5 Å². The molecule has 0 aliphatic carbocycles. The average molecular weight is 316 g/mol. The summed E-state index contributed by atoms with van der Waals surface area (Å²) in [4.78, 5) is 35.7. The molecule has 1 radical (unpaired) electrons. The minimum Gasteiger partial charge on any atom is -0.356 e. The number of nitrogens with zero attached hydrogens (tertiary/aromatic N) is 1. The van der Waals surface area contributed by atoms with E-state index in [-0.39, 0.29) is 0 Å². The Morgan fingerprint density at radius 1 is 1.39 bits per heavy atom. The summed E-state index contributed by atoms with van der Waals surface area (Å²) in [6.45, 7) is 1.17. The summed E-state index contributed by atoms with van der Waals surface area (Å²) in [6.07, 6.45) is 3.86. The highest BCUT2D eigenvalue weighted by atomic mass is 16.5. The first-order valence-electron chi connectivity index (χ1n) is 7.23. The molecule has 23 heavy (non-hydrogen) atoms. The molecule has 1 aliphatic rings. The van der Waals surface area contributed by atoms with Crippen LogP contribution in [0.1, 0.15) is 5.56 Å². The molecule has 7 nitrogen and oxygen atoms in total. The number of hydrogen-bond donors (Lipinski definition) is 2. The van der Waals surface area contributed by atoms with E-state index in [4.69, 9.17) is 4.74 Å². The maximum Gasteiger partial charge on any atom is 0.326 e. The third kappa shape index (κ3) is 5.32. The zero-order valence-electron chi connectivity index (χ0n) is 12.5. The van der Waals surface area contributed by atoms with Crippen LogP contribution in [0.25, 0.3) is 6.08 Å². The molecule has 1 aromatic rings. The minimum atomic E-state index is -0.690. The summed E-state index contributed by atoms with van der Waals surface area (Å²) >= 11 is 0. The first-order chi connectivity index (χ1) is 11.2. The highest BCUT2D eigenvalue weighted by Gasteiger charge is 2.23. The van der Waals surface area contributed by atoms with Crippen molar-refractivity contribution in [2.45, 2.75) is 6.23 Å². The molecule has 1 fully saturated rings. The highest BCUT2D eigenvalue weighted by Crippen LogP contribution is 2.03. The van der Waals surface area contributed by atoms with Gasteiger partial charge in [0.1, 0.15) is 6.23 Å². The smallest absolute Gasteiger partial charge is 0.326 e. The maximum absolute atomic E-state index is 12.1. The van der Waals surface area contributed by atoms with Crippen molar-refractivity contribution >= 4 is 24.3 Å². The summed E-state index contributed by atoms with van der Waals surface area (Å²) in [5.74, 6) is -0.599. The molecule has 0 saturated carbocycles. The van der Waals surface area contributed by atoms with Gasteiger partial charge in [-0.2, -0.15) is 0 Å². The second kappa shape index (κ2) is 8.82. The number of ether oxygens (including phenoxy) is 1. The minimum absolute atomic E-state index is 0.441. The van der Waals surface area contributed by atoms with E-state index < -0.39 is 24.7 Å². The van der Waals surface area contributed by atoms with Gasteiger partial charge >= 0.3 is 6.03 Å². The van der Waals surface area contributed by atoms with Crippen LogP contribution < -0.4 is 10.6 Å². The number of nitrogens with one attached hydrogen (secondary N) is 2. The van der Waals surface area contributed by atoms with Gasteiger partial charge in [0.2, 0.25) is 6.29 Å². The Bertz CT molecular complexity index is 568. The Hall–Kier alpha value is -2.51. The van der Waals surface area contributed by atoms with Crippen molar-refractivity contribution in [3.63, 3.8) is 0 Å². The maximum atomic E-state index is 12.1. The second-order valence-corrected chi connectivity index (χ2v) is 4.83. The standard InChI is InChI=1S/C16H18N3O4/c20-10-9-19(16(22)18-14-12-17-8-11-23-14)15(21)7-6-13-4-2-1-3-5-13/h1-7,14,17H,8-9,11-12H2,(H,18,22)/b7-6+. The third-order valence-corrected chi connectivity index (χ3v) is 3.16. The van der Waals surface area contributed by atoms with Crippen LogP contribution in [0, 0.1) is 0 Å². The molecule has 121 valence electrons. The van der Waals surface area contributed by atoms with E-state index in [0.717, 1.165) is 10.5 Å². The number of carbonyl (C=O) groups is 2. The first-order valence-corrected chi connectivity index (χ1v) is 7.23. The van der Waals surface area contributed by atoms with E-state index in [1.807, 2.05) is 30.3 Å². The van der Waals surface area contributed by atoms with Gasteiger partial charge in [-0.3, -0.25) is 14.5 Å². The van der Waals surface area contributed by atoms with Crippen LogP contribution in [-0.2, 0) is 14.3 Å². The molecule has 1 heterocycles. The number of carbonyl (C=O) groups excluding carboxylic acids is 3. The molecule has 1 aromatic carbocycles. The van der Waals surface area contributed by atoms with Crippen molar-refractivity contribution in [3.8, 4) is 0 Å². The monoisotopic (exact) mass is 316 g/mol. The molecule has 0 aromatic heterocycles. The predicted molar refractivity (Wildman–Crippen MR) is 84.0 cm³/mol. The van der Waals surface area contributed by atoms with Crippen LogP contribution in [-0.4, -0.2) is 55.6 Å². The second-order valence-electron chi connectivity index (χ2n) is 4.83. The lowest BCUT2D eigenvalue weighted by Gasteiger charge is -2.26. The molecule has 2 rings (SSSR count). The molecule has 2 N–H and O–H groups in total. The van der Waals surface area contributed by atoms with Crippen molar-refractivity contribution < 1.29 is 19.1 Å². The van der Waals surface area contributed by atoms with Crippen molar-refractivity contribution in [2.24, 2.45) is 0 Å². The van der Waals surface area contributed by atoms with Crippen molar-refractivity contribution in [3.05, 3.63) is 42.0 Å². The van der Waals surface area contributed by atoms with Gasteiger partial charge in [-0.25, -0.2) is 4.79 Å². The summed E-state index contributed by atoms with van der Waals surface area (Å²) in [5, 5.41) is 5.60. The van der Waals surface area contributed by atoms with Crippen molar-refractivity contribution in [2.75, 3.05) is 26.2 Å². The molecule has 0 spiro atoms. The van der Waals surface area contributed by atoms with Gasteiger partial charge in [-0.1, -0.05) is 30.3 Å². The largest absolute Gasteiger partial charge is 0.356 e. The molecular formula is C16H18N3O4. The number of urea groups is 1. The fourth-order valence-corrected chi connectivity index (χ4v) is 2.01. The Morgan fingerprint density at radius 2 is 2.17 bits per heavy atom. The molecule has 3 amide bonds. The number of rotatable bonds is 5. The third-order valence-electron chi connectivity index (χ3n) is 3.16. The Labute approximate surface area is 134 Å². The van der Waals surface area contributed by atoms with Gasteiger partial charge in [0.25, 0.3) is 5.91 Å². The molecule has 1 saturated heterocycles. The lowest BCUT2D eigenvalue weighted by atomic mass is 10.2. The lowest BCUT2D eigenvalue weighted by molar-refractivity contribution is -0.122. The first kappa shape index (κ1) is 16.9. The Morgan fingerprint density at radius 3 is 2.83 bits per heavy atom. The van der Waals surface area contributed by atoms with Crippen LogP contribution in [0.2, 0.25) is 0 Å². The molecule has 1 aliphatic heterocycles. The van der Waals surface area contributed by atoms with Gasteiger partial charge < -0.3 is 15.4 Å². The van der Waals surface area contributed by atoms with Crippen LogP contribution >= 0.6 is 0 Å². The summed E-state index contributed by atoms with van der Waals surface area (Å²) in [5.41, 5.74) is 0.816. The number of morpholine rings is 1. The quantitative estimate of drug-likeness (QED) is 0.763. The molecule has 7 heteroatoms. The molecule has 0 bridgehead atoms. The predicted octanol–water partition coefficient (Wildman–Crippen LogP) is 0.294. The normalized spacial score (nSPS) is 17.7. The average Bonchev–Trinajstić information content (AvgIpc) is 2.59. The summed E-state index contributed by atoms with van der Waals surface area (Å²) < 4.78 is 5.34. The van der Waals surface area contributed by atoms with Gasteiger partial charge in [-0.15, -0.1) is 0 Å². The topological polar surface area (TPSA) is 87.7 Å². The molecule has 1 unspecified atom stereocenters. The number of benzene rings is 1. The van der Waals surface area contributed by atoms with Crippen LogP contribution in [0.3, 0.4) is 0 Å². The van der Waals surface area contributed by atoms with Gasteiger partial charge in [-0.05, 0) is 11.6 Å². The van der Waals surface area contributed by atoms with E-state index in [9.17, 15) is 14.4 Å². The Kier molecular flexibility index (Phi) is 6.46. The zero-order valence-corrected chi connectivity index (χ0v) is 12.5. The van der Waals surface area contributed by atoms with E-state index in [1.54, 1.807) is 12.4 Å². The summed E-state index contributed by atoms with van der Waals surface area (Å²) in [6, 6.07) is 8.48. The van der Waals surface area contributed by atoms with Gasteiger partial charge in [0.15, 0.2) is 0 Å². The number of imide groups is 1. The Balaban J connectivity index is 1.98. The molecular weight excluding hydrogens is 298 g/mol. The van der Waals surface area contributed by atoms with Gasteiger partial charge in [0.05, 0.1) is 13.2 Å². The van der Waals surface area contributed by atoms with Crippen LogP contribution in [0.4, 0.5) is 4.79 Å². The van der Waals surface area contributed by atoms with E-state index in [2.05, 4.69) is 10.6 Å².